The molecule has 1 aliphatic heterocycles. The van der Waals surface area contributed by atoms with Crippen LogP contribution in [0.3, 0.4) is 0 Å². The zero-order valence-electron chi connectivity index (χ0n) is 18.3. The number of rotatable bonds is 7. The van der Waals surface area contributed by atoms with Crippen molar-refractivity contribution in [3.8, 4) is 10.6 Å². The Hall–Kier alpha value is -2.54. The Morgan fingerprint density at radius 2 is 1.61 bits per heavy atom. The smallest absolute Gasteiger partial charge is 0.236 e. The maximum absolute atomic E-state index is 12.8. The van der Waals surface area contributed by atoms with Crippen molar-refractivity contribution < 1.29 is 4.79 Å². The van der Waals surface area contributed by atoms with Crippen LogP contribution in [0.1, 0.15) is 24.2 Å². The molecule has 5 nitrogen and oxygen atoms in total. The average Bonchev–Trinajstić information content (AvgIpc) is 3.29. The van der Waals surface area contributed by atoms with Gasteiger partial charge < -0.3 is 4.90 Å². The SMILES string of the molecule is CC(c1ccccc1)N(C)C(=O)CN1CCN(Cc2csc(-c3ccccc3)n2)CC1. The van der Waals surface area contributed by atoms with E-state index in [0.29, 0.717) is 6.54 Å². The van der Waals surface area contributed by atoms with E-state index >= 15 is 0 Å². The van der Waals surface area contributed by atoms with Gasteiger partial charge in [-0.25, -0.2) is 4.98 Å². The van der Waals surface area contributed by atoms with E-state index in [1.807, 2.05) is 36.2 Å². The lowest BCUT2D eigenvalue weighted by Gasteiger charge is -2.35. The minimum atomic E-state index is 0.0819. The third-order valence-corrected chi connectivity index (χ3v) is 6.98. The molecule has 1 fully saturated rings. The summed E-state index contributed by atoms with van der Waals surface area (Å²) in [6.07, 6.45) is 0. The van der Waals surface area contributed by atoms with Gasteiger partial charge in [0.1, 0.15) is 5.01 Å². The number of piperazine rings is 1. The molecule has 0 radical (unpaired) electrons. The first-order valence-corrected chi connectivity index (χ1v) is 11.7. The number of hydrogen-bond donors (Lipinski definition) is 0. The number of likely N-dealkylation sites (N-methyl/N-ethyl adjacent to an activating group) is 1. The molecule has 1 aromatic heterocycles. The summed E-state index contributed by atoms with van der Waals surface area (Å²) in [6.45, 7) is 7.19. The van der Waals surface area contributed by atoms with Gasteiger partial charge in [0.15, 0.2) is 0 Å². The summed E-state index contributed by atoms with van der Waals surface area (Å²) in [6, 6.07) is 20.6. The van der Waals surface area contributed by atoms with Crippen LogP contribution in [0, 0.1) is 0 Å². The molecule has 0 aliphatic carbocycles. The van der Waals surface area contributed by atoms with Gasteiger partial charge in [-0.05, 0) is 12.5 Å². The molecule has 0 spiro atoms. The van der Waals surface area contributed by atoms with Crippen LogP contribution in [0.2, 0.25) is 0 Å². The maximum Gasteiger partial charge on any atom is 0.236 e. The number of carbonyl (C=O) groups excluding carboxylic acids is 1. The van der Waals surface area contributed by atoms with E-state index in [0.717, 1.165) is 43.4 Å². The van der Waals surface area contributed by atoms with E-state index in [-0.39, 0.29) is 11.9 Å². The standard InChI is InChI=1S/C25H30N4OS/c1-20(21-9-5-3-6-10-21)27(2)24(30)18-29-15-13-28(14-16-29)17-23-19-31-25(26-23)22-11-7-4-8-12-22/h3-12,19-20H,13-18H2,1-2H3. The second-order valence-corrected chi connectivity index (χ2v) is 9.01. The van der Waals surface area contributed by atoms with Crippen LogP contribution in [0.25, 0.3) is 10.6 Å². The molecule has 1 atom stereocenters. The minimum absolute atomic E-state index is 0.0819. The normalized spacial score (nSPS) is 16.2. The minimum Gasteiger partial charge on any atom is -0.338 e. The van der Waals surface area contributed by atoms with E-state index in [9.17, 15) is 4.79 Å². The number of carbonyl (C=O) groups is 1. The second-order valence-electron chi connectivity index (χ2n) is 8.15. The number of thiazole rings is 1. The predicted molar refractivity (Wildman–Crippen MR) is 127 cm³/mol. The molecule has 31 heavy (non-hydrogen) atoms. The van der Waals surface area contributed by atoms with Crippen LogP contribution in [-0.2, 0) is 11.3 Å². The summed E-state index contributed by atoms with van der Waals surface area (Å²) in [4.78, 5) is 24.2. The van der Waals surface area contributed by atoms with Crippen LogP contribution < -0.4 is 0 Å². The van der Waals surface area contributed by atoms with Crippen molar-refractivity contribution >= 4 is 17.2 Å². The van der Waals surface area contributed by atoms with Gasteiger partial charge in [0.05, 0.1) is 18.3 Å². The van der Waals surface area contributed by atoms with Crippen LogP contribution in [0.5, 0.6) is 0 Å². The average molecular weight is 435 g/mol. The van der Waals surface area contributed by atoms with Gasteiger partial charge in [0, 0.05) is 50.7 Å². The fourth-order valence-corrected chi connectivity index (χ4v) is 4.72. The zero-order chi connectivity index (χ0) is 21.6. The van der Waals surface area contributed by atoms with Crippen LogP contribution >= 0.6 is 11.3 Å². The second kappa shape index (κ2) is 10.2. The Morgan fingerprint density at radius 1 is 1.00 bits per heavy atom. The van der Waals surface area contributed by atoms with Crippen molar-refractivity contribution in [3.63, 3.8) is 0 Å². The Bertz CT molecular complexity index is 967. The third-order valence-electron chi connectivity index (χ3n) is 6.04. The van der Waals surface area contributed by atoms with Crippen molar-refractivity contribution in [3.05, 3.63) is 77.3 Å². The van der Waals surface area contributed by atoms with Gasteiger partial charge in [-0.1, -0.05) is 60.7 Å². The van der Waals surface area contributed by atoms with Crippen LogP contribution in [-0.4, -0.2) is 65.4 Å². The maximum atomic E-state index is 12.8. The summed E-state index contributed by atoms with van der Waals surface area (Å²) >= 11 is 1.71. The first-order valence-electron chi connectivity index (χ1n) is 10.9. The van der Waals surface area contributed by atoms with E-state index in [4.69, 9.17) is 4.98 Å². The summed E-state index contributed by atoms with van der Waals surface area (Å²) in [5.74, 6) is 0.178. The Balaban J connectivity index is 1.24. The van der Waals surface area contributed by atoms with Gasteiger partial charge in [0.2, 0.25) is 5.91 Å². The molecule has 1 saturated heterocycles. The number of nitrogens with zero attached hydrogens (tertiary/aromatic N) is 4. The van der Waals surface area contributed by atoms with Gasteiger partial charge in [-0.15, -0.1) is 11.3 Å². The zero-order valence-corrected chi connectivity index (χ0v) is 19.1. The molecular weight excluding hydrogens is 404 g/mol. The summed E-state index contributed by atoms with van der Waals surface area (Å²) < 4.78 is 0. The highest BCUT2D eigenvalue weighted by Gasteiger charge is 2.23. The summed E-state index contributed by atoms with van der Waals surface area (Å²) in [5.41, 5.74) is 3.47. The highest BCUT2D eigenvalue weighted by Crippen LogP contribution is 2.24. The molecule has 0 N–H and O–H groups in total. The fourth-order valence-electron chi connectivity index (χ4n) is 3.90. The first kappa shape index (κ1) is 21.7. The molecule has 0 bridgehead atoms. The molecule has 0 saturated carbocycles. The van der Waals surface area contributed by atoms with Gasteiger partial charge in [-0.3, -0.25) is 14.6 Å². The lowest BCUT2D eigenvalue weighted by atomic mass is 10.1. The Morgan fingerprint density at radius 3 is 2.29 bits per heavy atom. The first-order chi connectivity index (χ1) is 15.1. The number of amides is 1. The molecule has 3 aromatic rings. The predicted octanol–water partition coefficient (Wildman–Crippen LogP) is 4.15. The van der Waals surface area contributed by atoms with Crippen molar-refractivity contribution in [1.82, 2.24) is 19.7 Å². The molecule has 1 aliphatic rings. The van der Waals surface area contributed by atoms with Crippen LogP contribution in [0.15, 0.2) is 66.0 Å². The highest BCUT2D eigenvalue weighted by molar-refractivity contribution is 7.13. The topological polar surface area (TPSA) is 39.7 Å². The monoisotopic (exact) mass is 434 g/mol. The molecular formula is C25H30N4OS. The molecule has 1 amide bonds. The van der Waals surface area contributed by atoms with E-state index in [1.54, 1.807) is 11.3 Å². The molecule has 1 unspecified atom stereocenters. The van der Waals surface area contributed by atoms with Gasteiger partial charge in [-0.2, -0.15) is 0 Å². The summed E-state index contributed by atoms with van der Waals surface area (Å²) in [7, 11) is 1.91. The molecule has 162 valence electrons. The fraction of sp³-hybridized carbons (Fsp3) is 0.360. The Labute approximate surface area is 188 Å². The number of hydrogen-bond acceptors (Lipinski definition) is 5. The van der Waals surface area contributed by atoms with E-state index in [1.165, 1.54) is 11.1 Å². The Kier molecular flexibility index (Phi) is 7.12. The lowest BCUT2D eigenvalue weighted by molar-refractivity contribution is -0.133. The van der Waals surface area contributed by atoms with Crippen molar-refractivity contribution in [1.29, 1.82) is 0 Å². The molecule has 6 heteroatoms. The third kappa shape index (κ3) is 5.58. The van der Waals surface area contributed by atoms with E-state index < -0.39 is 0 Å². The van der Waals surface area contributed by atoms with Crippen molar-refractivity contribution in [2.24, 2.45) is 0 Å². The number of aromatic nitrogens is 1. The van der Waals surface area contributed by atoms with Gasteiger partial charge in [0.25, 0.3) is 0 Å². The molecule has 2 heterocycles. The largest absolute Gasteiger partial charge is 0.338 e. The van der Waals surface area contributed by atoms with E-state index in [2.05, 4.69) is 58.5 Å². The summed E-state index contributed by atoms with van der Waals surface area (Å²) in [5, 5.41) is 3.24. The highest BCUT2D eigenvalue weighted by atomic mass is 32.1. The van der Waals surface area contributed by atoms with Crippen molar-refractivity contribution in [2.75, 3.05) is 39.8 Å². The van der Waals surface area contributed by atoms with Crippen molar-refractivity contribution in [2.45, 2.75) is 19.5 Å². The molecule has 2 aromatic carbocycles. The van der Waals surface area contributed by atoms with Crippen LogP contribution in [0.4, 0.5) is 0 Å². The van der Waals surface area contributed by atoms with Gasteiger partial charge >= 0.3 is 0 Å². The number of benzene rings is 2. The molecule has 4 rings (SSSR count). The quantitative estimate of drug-likeness (QED) is 0.560. The lowest BCUT2D eigenvalue weighted by Crippen LogP contribution is -2.49.